The predicted octanol–water partition coefficient (Wildman–Crippen LogP) is -0.491. The minimum atomic E-state index is -0.568. The van der Waals surface area contributed by atoms with Crippen LogP contribution in [0.2, 0.25) is 0 Å². The zero-order valence-electron chi connectivity index (χ0n) is 12.4. The van der Waals surface area contributed by atoms with Gasteiger partial charge in [0.05, 0.1) is 0 Å². The molecule has 2 fully saturated rings. The highest BCUT2D eigenvalue weighted by Crippen LogP contribution is 2.22. The number of piperazine rings is 1. The summed E-state index contributed by atoms with van der Waals surface area (Å²) in [4.78, 5) is 50.3. The van der Waals surface area contributed by atoms with Crippen LogP contribution >= 0.6 is 0 Å². The molecule has 1 N–H and O–H groups in total. The van der Waals surface area contributed by atoms with Crippen LogP contribution in [0, 0.1) is 5.92 Å². The maximum Gasteiger partial charge on any atom is 0.249 e. The molecule has 21 heavy (non-hydrogen) atoms. The van der Waals surface area contributed by atoms with Crippen molar-refractivity contribution in [1.82, 2.24) is 15.1 Å². The lowest BCUT2D eigenvalue weighted by atomic mass is 9.93. The van der Waals surface area contributed by atoms with E-state index in [2.05, 4.69) is 5.32 Å². The fourth-order valence-electron chi connectivity index (χ4n) is 2.98. The number of hydrogen-bond acceptors (Lipinski definition) is 4. The zero-order chi connectivity index (χ0) is 15.6. The summed E-state index contributed by atoms with van der Waals surface area (Å²) >= 11 is 0. The Balaban J connectivity index is 2.03. The topological polar surface area (TPSA) is 86.8 Å². The van der Waals surface area contributed by atoms with Gasteiger partial charge in [0.2, 0.25) is 23.6 Å². The van der Waals surface area contributed by atoms with Gasteiger partial charge in [0.1, 0.15) is 12.6 Å². The number of hydrogen-bond donors (Lipinski definition) is 1. The van der Waals surface area contributed by atoms with Crippen molar-refractivity contribution in [1.29, 1.82) is 0 Å². The number of likely N-dealkylation sites (tertiary alicyclic amines) is 1. The molecule has 7 heteroatoms. The lowest BCUT2D eigenvalue weighted by Gasteiger charge is -2.38. The number of carbonyl (C=O) groups is 4. The van der Waals surface area contributed by atoms with Crippen LogP contribution in [0.15, 0.2) is 0 Å². The lowest BCUT2D eigenvalue weighted by molar-refractivity contribution is -0.153. The van der Waals surface area contributed by atoms with E-state index in [1.165, 1.54) is 11.8 Å². The van der Waals surface area contributed by atoms with Crippen LogP contribution < -0.4 is 5.32 Å². The molecule has 2 aliphatic rings. The smallest absolute Gasteiger partial charge is 0.249 e. The van der Waals surface area contributed by atoms with Gasteiger partial charge in [-0.2, -0.15) is 0 Å². The molecule has 116 valence electrons. The summed E-state index contributed by atoms with van der Waals surface area (Å²) in [6, 6.07) is -0.568. The Morgan fingerprint density at radius 2 is 1.86 bits per heavy atom. The molecule has 4 amide bonds. The second kappa shape index (κ2) is 6.24. The van der Waals surface area contributed by atoms with Crippen molar-refractivity contribution >= 4 is 23.6 Å². The molecule has 2 saturated heterocycles. The number of piperidine rings is 1. The quantitative estimate of drug-likeness (QED) is 0.696. The van der Waals surface area contributed by atoms with Crippen molar-refractivity contribution in [3.8, 4) is 0 Å². The van der Waals surface area contributed by atoms with E-state index >= 15 is 0 Å². The SMILES string of the molecule is CCC1C(=O)NC(=O)CN1C(=O)C1CCN(C(C)=O)CC1. The Morgan fingerprint density at radius 3 is 2.38 bits per heavy atom. The van der Waals surface area contributed by atoms with Crippen molar-refractivity contribution in [2.24, 2.45) is 5.92 Å². The van der Waals surface area contributed by atoms with Gasteiger partial charge in [0.15, 0.2) is 0 Å². The van der Waals surface area contributed by atoms with Crippen molar-refractivity contribution in [3.63, 3.8) is 0 Å². The van der Waals surface area contributed by atoms with Crippen molar-refractivity contribution in [2.75, 3.05) is 19.6 Å². The summed E-state index contributed by atoms with van der Waals surface area (Å²) in [6.07, 6.45) is 1.65. The third-order valence-electron chi connectivity index (χ3n) is 4.21. The predicted molar refractivity (Wildman–Crippen MR) is 73.9 cm³/mol. The monoisotopic (exact) mass is 295 g/mol. The second-order valence-electron chi connectivity index (χ2n) is 5.58. The summed E-state index contributed by atoms with van der Waals surface area (Å²) in [5, 5.41) is 2.27. The number of nitrogens with one attached hydrogen (secondary N) is 1. The number of rotatable bonds is 2. The fraction of sp³-hybridized carbons (Fsp3) is 0.714. The summed E-state index contributed by atoms with van der Waals surface area (Å²) in [6.45, 7) is 4.38. The van der Waals surface area contributed by atoms with Crippen LogP contribution in [0.3, 0.4) is 0 Å². The maximum absolute atomic E-state index is 12.6. The van der Waals surface area contributed by atoms with Gasteiger partial charge in [-0.1, -0.05) is 6.92 Å². The molecule has 7 nitrogen and oxygen atoms in total. The van der Waals surface area contributed by atoms with E-state index in [1.54, 1.807) is 4.90 Å². The maximum atomic E-state index is 12.6. The molecule has 0 saturated carbocycles. The number of nitrogens with zero attached hydrogens (tertiary/aromatic N) is 2. The molecular weight excluding hydrogens is 274 g/mol. The molecule has 2 heterocycles. The zero-order valence-corrected chi connectivity index (χ0v) is 12.4. The lowest BCUT2D eigenvalue weighted by Crippen LogP contribution is -2.61. The number of imide groups is 1. The van der Waals surface area contributed by atoms with Crippen LogP contribution in [0.25, 0.3) is 0 Å². The summed E-state index contributed by atoms with van der Waals surface area (Å²) in [7, 11) is 0. The van der Waals surface area contributed by atoms with Crippen LogP contribution in [-0.4, -0.2) is 59.1 Å². The molecule has 2 rings (SSSR count). The van der Waals surface area contributed by atoms with E-state index in [9.17, 15) is 19.2 Å². The van der Waals surface area contributed by atoms with Gasteiger partial charge in [0, 0.05) is 25.9 Å². The van der Waals surface area contributed by atoms with Gasteiger partial charge in [0.25, 0.3) is 0 Å². The Kier molecular flexibility index (Phi) is 4.59. The van der Waals surface area contributed by atoms with E-state index in [4.69, 9.17) is 0 Å². The first-order valence-corrected chi connectivity index (χ1v) is 7.33. The third kappa shape index (κ3) is 3.22. The first-order chi connectivity index (χ1) is 9.93. The summed E-state index contributed by atoms with van der Waals surface area (Å²) in [5.41, 5.74) is 0. The van der Waals surface area contributed by atoms with E-state index in [0.29, 0.717) is 32.4 Å². The highest BCUT2D eigenvalue weighted by atomic mass is 16.2. The van der Waals surface area contributed by atoms with Gasteiger partial charge in [-0.3, -0.25) is 24.5 Å². The Morgan fingerprint density at radius 1 is 1.24 bits per heavy atom. The highest BCUT2D eigenvalue weighted by molar-refractivity contribution is 6.04. The molecule has 0 spiro atoms. The molecule has 0 aliphatic carbocycles. The van der Waals surface area contributed by atoms with E-state index < -0.39 is 17.9 Å². The van der Waals surface area contributed by atoms with Gasteiger partial charge in [-0.25, -0.2) is 0 Å². The minimum absolute atomic E-state index is 0.0138. The van der Waals surface area contributed by atoms with Gasteiger partial charge >= 0.3 is 0 Å². The molecule has 0 radical (unpaired) electrons. The van der Waals surface area contributed by atoms with Crippen molar-refractivity contribution in [2.45, 2.75) is 39.2 Å². The Hall–Kier alpha value is -1.92. The molecule has 0 aromatic heterocycles. The Bertz CT molecular complexity index is 469. The van der Waals surface area contributed by atoms with E-state index in [1.807, 2.05) is 6.92 Å². The van der Waals surface area contributed by atoms with Gasteiger partial charge in [-0.05, 0) is 19.3 Å². The van der Waals surface area contributed by atoms with Crippen LogP contribution in [0.1, 0.15) is 33.1 Å². The van der Waals surface area contributed by atoms with Gasteiger partial charge < -0.3 is 9.80 Å². The van der Waals surface area contributed by atoms with E-state index in [0.717, 1.165) is 0 Å². The Labute approximate surface area is 123 Å². The van der Waals surface area contributed by atoms with Crippen molar-refractivity contribution in [3.05, 3.63) is 0 Å². The molecule has 0 aromatic carbocycles. The molecular formula is C14H21N3O4. The average Bonchev–Trinajstić information content (AvgIpc) is 2.46. The largest absolute Gasteiger partial charge is 0.343 e. The third-order valence-corrected chi connectivity index (χ3v) is 4.21. The molecule has 0 aromatic rings. The molecule has 1 unspecified atom stereocenters. The van der Waals surface area contributed by atoms with Crippen LogP contribution in [-0.2, 0) is 19.2 Å². The van der Waals surface area contributed by atoms with Crippen LogP contribution in [0.5, 0.6) is 0 Å². The van der Waals surface area contributed by atoms with Crippen molar-refractivity contribution < 1.29 is 19.2 Å². The normalized spacial score (nSPS) is 24.0. The first kappa shape index (κ1) is 15.5. The summed E-state index contributed by atoms with van der Waals surface area (Å²) in [5.74, 6) is -1.18. The number of carbonyl (C=O) groups excluding carboxylic acids is 4. The standard InChI is InChI=1S/C14H21N3O4/c1-3-11-13(20)15-12(19)8-17(11)14(21)10-4-6-16(7-5-10)9(2)18/h10-11H,3-8H2,1-2H3,(H,15,19,20). The van der Waals surface area contributed by atoms with Crippen LogP contribution in [0.4, 0.5) is 0 Å². The minimum Gasteiger partial charge on any atom is -0.343 e. The van der Waals surface area contributed by atoms with Gasteiger partial charge in [-0.15, -0.1) is 0 Å². The second-order valence-corrected chi connectivity index (χ2v) is 5.58. The molecule has 1 atom stereocenters. The number of amides is 4. The summed E-state index contributed by atoms with van der Waals surface area (Å²) < 4.78 is 0. The first-order valence-electron chi connectivity index (χ1n) is 7.33. The average molecular weight is 295 g/mol. The highest BCUT2D eigenvalue weighted by Gasteiger charge is 2.39. The molecule has 2 aliphatic heterocycles. The van der Waals surface area contributed by atoms with E-state index in [-0.39, 0.29) is 24.3 Å². The molecule has 0 bridgehead atoms. The fourth-order valence-corrected chi connectivity index (χ4v) is 2.98.